The highest BCUT2D eigenvalue weighted by Gasteiger charge is 2.09. The van der Waals surface area contributed by atoms with Crippen LogP contribution in [0.5, 0.6) is 0 Å². The fraction of sp³-hybridized carbons (Fsp3) is 0.429. The minimum Gasteiger partial charge on any atom is -0.368 e. The first-order valence-corrected chi connectivity index (χ1v) is 6.78. The highest BCUT2D eigenvalue weighted by molar-refractivity contribution is 6.34. The number of anilines is 1. The molecule has 1 aromatic carbocycles. The summed E-state index contributed by atoms with van der Waals surface area (Å²) in [6.45, 7) is 5.34. The predicted molar refractivity (Wildman–Crippen MR) is 77.1 cm³/mol. The van der Waals surface area contributed by atoms with E-state index >= 15 is 0 Å². The number of benzene rings is 1. The Morgan fingerprint density at radius 2 is 1.78 bits per heavy atom. The van der Waals surface area contributed by atoms with Crippen LogP contribution in [0, 0.1) is 5.92 Å². The Bertz CT molecular complexity index is 523. The quantitative estimate of drug-likeness (QED) is 0.881. The van der Waals surface area contributed by atoms with E-state index in [1.807, 2.05) is 24.3 Å². The summed E-state index contributed by atoms with van der Waals surface area (Å²) >= 11 is 6.04. The third kappa shape index (κ3) is 2.72. The molecule has 0 aliphatic rings. The molecule has 4 heteroatoms. The van der Waals surface area contributed by atoms with Crippen molar-refractivity contribution in [2.24, 2.45) is 5.92 Å². The van der Waals surface area contributed by atoms with E-state index in [-0.39, 0.29) is 0 Å². The molecule has 18 heavy (non-hydrogen) atoms. The minimum absolute atomic E-state index is 0.457. The maximum absolute atomic E-state index is 6.04. The largest absolute Gasteiger partial charge is 0.368 e. The van der Waals surface area contributed by atoms with Crippen molar-refractivity contribution >= 4 is 28.2 Å². The standard InChI is InChI=1S/C14H18ClN3/c1-3-10(4-2)9-16-14-12-8-6-5-7-11(12)13(15)17-18-14/h5-8,10H,3-4,9H2,1-2H3,(H,16,18). The van der Waals surface area contributed by atoms with Gasteiger partial charge in [0.2, 0.25) is 0 Å². The number of fused-ring (bicyclic) bond motifs is 1. The first-order valence-electron chi connectivity index (χ1n) is 6.41. The Morgan fingerprint density at radius 1 is 1.11 bits per heavy atom. The van der Waals surface area contributed by atoms with Gasteiger partial charge in [0, 0.05) is 17.3 Å². The van der Waals surface area contributed by atoms with Crippen molar-refractivity contribution < 1.29 is 0 Å². The first-order chi connectivity index (χ1) is 8.76. The van der Waals surface area contributed by atoms with Crippen molar-refractivity contribution in [3.05, 3.63) is 29.4 Å². The van der Waals surface area contributed by atoms with Crippen LogP contribution < -0.4 is 5.32 Å². The molecule has 0 saturated heterocycles. The van der Waals surface area contributed by atoms with Crippen LogP contribution in [0.2, 0.25) is 5.15 Å². The van der Waals surface area contributed by atoms with Crippen LogP contribution in [-0.2, 0) is 0 Å². The fourth-order valence-electron chi connectivity index (χ4n) is 2.02. The van der Waals surface area contributed by atoms with Gasteiger partial charge in [0.25, 0.3) is 0 Å². The molecule has 0 aliphatic heterocycles. The van der Waals surface area contributed by atoms with Gasteiger partial charge in [-0.2, -0.15) is 0 Å². The van der Waals surface area contributed by atoms with E-state index in [9.17, 15) is 0 Å². The molecular formula is C14H18ClN3. The zero-order valence-corrected chi connectivity index (χ0v) is 11.5. The third-order valence-electron chi connectivity index (χ3n) is 3.36. The van der Waals surface area contributed by atoms with Gasteiger partial charge >= 0.3 is 0 Å². The molecule has 0 atom stereocenters. The summed E-state index contributed by atoms with van der Waals surface area (Å²) in [5.41, 5.74) is 0. The van der Waals surface area contributed by atoms with Crippen molar-refractivity contribution in [1.29, 1.82) is 0 Å². The third-order valence-corrected chi connectivity index (χ3v) is 3.63. The fourth-order valence-corrected chi connectivity index (χ4v) is 2.22. The summed E-state index contributed by atoms with van der Waals surface area (Å²) in [6, 6.07) is 7.93. The Kier molecular flexibility index (Phi) is 4.37. The van der Waals surface area contributed by atoms with Crippen LogP contribution in [0.3, 0.4) is 0 Å². The molecule has 96 valence electrons. The lowest BCUT2D eigenvalue weighted by Gasteiger charge is -2.14. The van der Waals surface area contributed by atoms with E-state index in [1.165, 1.54) is 12.8 Å². The Hall–Kier alpha value is -1.35. The number of nitrogens with one attached hydrogen (secondary N) is 1. The van der Waals surface area contributed by atoms with Crippen LogP contribution in [0.4, 0.5) is 5.82 Å². The number of rotatable bonds is 5. The van der Waals surface area contributed by atoms with Gasteiger partial charge in [0.05, 0.1) is 0 Å². The van der Waals surface area contributed by atoms with Crippen molar-refractivity contribution in [3.8, 4) is 0 Å². The molecule has 2 rings (SSSR count). The van der Waals surface area contributed by atoms with E-state index in [1.54, 1.807) is 0 Å². The predicted octanol–water partition coefficient (Wildman–Crippen LogP) is 4.13. The van der Waals surface area contributed by atoms with Crippen LogP contribution in [0.1, 0.15) is 26.7 Å². The normalized spacial score (nSPS) is 11.1. The highest BCUT2D eigenvalue weighted by Crippen LogP contribution is 2.25. The van der Waals surface area contributed by atoms with Gasteiger partial charge in [-0.05, 0) is 5.92 Å². The minimum atomic E-state index is 0.457. The Labute approximate surface area is 113 Å². The highest BCUT2D eigenvalue weighted by atomic mass is 35.5. The van der Waals surface area contributed by atoms with Gasteiger partial charge < -0.3 is 5.32 Å². The Balaban J connectivity index is 2.26. The van der Waals surface area contributed by atoms with E-state index in [0.29, 0.717) is 11.1 Å². The van der Waals surface area contributed by atoms with E-state index in [0.717, 1.165) is 23.1 Å². The van der Waals surface area contributed by atoms with Gasteiger partial charge in [0.1, 0.15) is 0 Å². The van der Waals surface area contributed by atoms with Crippen molar-refractivity contribution in [1.82, 2.24) is 10.2 Å². The lowest BCUT2D eigenvalue weighted by atomic mass is 10.0. The maximum atomic E-state index is 6.04. The molecule has 1 heterocycles. The molecule has 0 radical (unpaired) electrons. The zero-order valence-electron chi connectivity index (χ0n) is 10.8. The number of hydrogen-bond acceptors (Lipinski definition) is 3. The summed E-state index contributed by atoms with van der Waals surface area (Å²) in [7, 11) is 0. The van der Waals surface area contributed by atoms with Gasteiger partial charge in [0.15, 0.2) is 11.0 Å². The van der Waals surface area contributed by atoms with E-state index in [2.05, 4.69) is 29.4 Å². The number of nitrogens with zero attached hydrogens (tertiary/aromatic N) is 2. The Morgan fingerprint density at radius 3 is 2.44 bits per heavy atom. The molecule has 0 bridgehead atoms. The summed E-state index contributed by atoms with van der Waals surface area (Å²) in [5, 5.41) is 14.0. The van der Waals surface area contributed by atoms with Crippen molar-refractivity contribution in [2.45, 2.75) is 26.7 Å². The second-order valence-electron chi connectivity index (χ2n) is 4.45. The van der Waals surface area contributed by atoms with Crippen LogP contribution >= 0.6 is 11.6 Å². The topological polar surface area (TPSA) is 37.8 Å². The second-order valence-corrected chi connectivity index (χ2v) is 4.81. The van der Waals surface area contributed by atoms with Gasteiger partial charge in [-0.25, -0.2) is 0 Å². The number of aromatic nitrogens is 2. The van der Waals surface area contributed by atoms with Gasteiger partial charge in [-0.3, -0.25) is 0 Å². The monoisotopic (exact) mass is 263 g/mol. The average Bonchev–Trinajstić information content (AvgIpc) is 2.42. The molecule has 0 fully saturated rings. The molecule has 0 spiro atoms. The van der Waals surface area contributed by atoms with Gasteiger partial charge in [-0.15, -0.1) is 10.2 Å². The molecule has 1 N–H and O–H groups in total. The van der Waals surface area contributed by atoms with Crippen LogP contribution in [-0.4, -0.2) is 16.7 Å². The maximum Gasteiger partial charge on any atom is 0.159 e. The van der Waals surface area contributed by atoms with Crippen LogP contribution in [0.15, 0.2) is 24.3 Å². The number of halogens is 1. The van der Waals surface area contributed by atoms with E-state index < -0.39 is 0 Å². The van der Waals surface area contributed by atoms with Gasteiger partial charge in [-0.1, -0.05) is 62.6 Å². The smallest absolute Gasteiger partial charge is 0.159 e. The van der Waals surface area contributed by atoms with Crippen molar-refractivity contribution in [3.63, 3.8) is 0 Å². The lowest BCUT2D eigenvalue weighted by molar-refractivity contribution is 0.518. The molecule has 1 aromatic heterocycles. The molecule has 0 unspecified atom stereocenters. The molecule has 0 aliphatic carbocycles. The SMILES string of the molecule is CCC(CC)CNc1nnc(Cl)c2ccccc12. The molecular weight excluding hydrogens is 246 g/mol. The summed E-state index contributed by atoms with van der Waals surface area (Å²) in [5.74, 6) is 1.49. The summed E-state index contributed by atoms with van der Waals surface area (Å²) < 4.78 is 0. The molecule has 2 aromatic rings. The summed E-state index contributed by atoms with van der Waals surface area (Å²) in [6.07, 6.45) is 2.34. The van der Waals surface area contributed by atoms with Crippen LogP contribution in [0.25, 0.3) is 10.8 Å². The lowest BCUT2D eigenvalue weighted by Crippen LogP contribution is -2.14. The summed E-state index contributed by atoms with van der Waals surface area (Å²) in [4.78, 5) is 0. The van der Waals surface area contributed by atoms with E-state index in [4.69, 9.17) is 11.6 Å². The average molecular weight is 264 g/mol. The van der Waals surface area contributed by atoms with Crippen molar-refractivity contribution in [2.75, 3.05) is 11.9 Å². The first kappa shape index (κ1) is 13.1. The molecule has 0 saturated carbocycles. The second kappa shape index (κ2) is 6.01. The zero-order chi connectivity index (χ0) is 13.0. The number of hydrogen-bond donors (Lipinski definition) is 1. The molecule has 0 amide bonds. The molecule has 3 nitrogen and oxygen atoms in total.